The molecule has 0 aliphatic carbocycles. The van der Waals surface area contributed by atoms with Crippen LogP contribution in [0, 0.1) is 5.92 Å². The van der Waals surface area contributed by atoms with Crippen molar-refractivity contribution >= 4 is 0 Å². The Balaban J connectivity index is 3.99. The zero-order valence-electron chi connectivity index (χ0n) is 11.3. The van der Waals surface area contributed by atoms with Gasteiger partial charge in [0, 0.05) is 6.04 Å². The third kappa shape index (κ3) is 7.61. The molecular formula is C14H29N. The van der Waals surface area contributed by atoms with Crippen LogP contribution in [0.15, 0.2) is 12.2 Å². The zero-order valence-corrected chi connectivity index (χ0v) is 11.3. The molecule has 1 atom stereocenters. The summed E-state index contributed by atoms with van der Waals surface area (Å²) in [5.74, 6) is 0.818. The normalized spacial score (nSPS) is 14.3. The lowest BCUT2D eigenvalue weighted by atomic mass is 10.1. The summed E-state index contributed by atoms with van der Waals surface area (Å²) in [6, 6.07) is 0.694. The predicted molar refractivity (Wildman–Crippen MR) is 70.2 cm³/mol. The largest absolute Gasteiger partial charge is 0.300 e. The topological polar surface area (TPSA) is 3.24 Å². The first kappa shape index (κ1) is 14.7. The first-order valence-corrected chi connectivity index (χ1v) is 6.47. The number of rotatable bonds is 8. The Morgan fingerprint density at radius 1 is 1.13 bits per heavy atom. The van der Waals surface area contributed by atoms with Gasteiger partial charge in [0.15, 0.2) is 0 Å². The first-order valence-electron chi connectivity index (χ1n) is 6.47. The van der Waals surface area contributed by atoms with E-state index in [1.54, 1.807) is 0 Å². The van der Waals surface area contributed by atoms with Crippen LogP contribution in [-0.2, 0) is 0 Å². The molecule has 15 heavy (non-hydrogen) atoms. The molecule has 0 fully saturated rings. The third-order valence-electron chi connectivity index (χ3n) is 2.84. The zero-order chi connectivity index (χ0) is 11.7. The lowest BCUT2D eigenvalue weighted by Crippen LogP contribution is -2.34. The monoisotopic (exact) mass is 211 g/mol. The SMILES string of the molecule is CC=CCC(C)N(CCC)CCC(C)C. The molecule has 0 aromatic heterocycles. The average Bonchev–Trinajstić information content (AvgIpc) is 2.20. The molecule has 0 saturated heterocycles. The number of allylic oxidation sites excluding steroid dienone is 1. The maximum Gasteiger partial charge on any atom is 0.0101 e. The van der Waals surface area contributed by atoms with Gasteiger partial charge in [-0.15, -0.1) is 0 Å². The van der Waals surface area contributed by atoms with E-state index >= 15 is 0 Å². The molecule has 0 radical (unpaired) electrons. The predicted octanol–water partition coefficient (Wildman–Crippen LogP) is 4.10. The van der Waals surface area contributed by atoms with Gasteiger partial charge in [-0.05, 0) is 52.1 Å². The minimum atomic E-state index is 0.694. The molecule has 0 bridgehead atoms. The van der Waals surface area contributed by atoms with Crippen molar-refractivity contribution in [3.63, 3.8) is 0 Å². The highest BCUT2D eigenvalue weighted by Gasteiger charge is 2.11. The van der Waals surface area contributed by atoms with Crippen LogP contribution in [0.25, 0.3) is 0 Å². The highest BCUT2D eigenvalue weighted by Crippen LogP contribution is 2.09. The summed E-state index contributed by atoms with van der Waals surface area (Å²) in [6.45, 7) is 13.8. The van der Waals surface area contributed by atoms with E-state index in [2.05, 4.69) is 51.7 Å². The van der Waals surface area contributed by atoms with Crippen molar-refractivity contribution in [1.82, 2.24) is 4.90 Å². The average molecular weight is 211 g/mol. The van der Waals surface area contributed by atoms with Crippen LogP contribution in [0.3, 0.4) is 0 Å². The van der Waals surface area contributed by atoms with Crippen LogP contribution in [-0.4, -0.2) is 24.0 Å². The molecule has 1 nitrogen and oxygen atoms in total. The van der Waals surface area contributed by atoms with E-state index in [9.17, 15) is 0 Å². The molecule has 1 unspecified atom stereocenters. The van der Waals surface area contributed by atoms with Gasteiger partial charge in [0.05, 0.1) is 0 Å². The number of hydrogen-bond acceptors (Lipinski definition) is 1. The van der Waals surface area contributed by atoms with Gasteiger partial charge in [-0.3, -0.25) is 0 Å². The highest BCUT2D eigenvalue weighted by atomic mass is 15.1. The fourth-order valence-corrected chi connectivity index (χ4v) is 1.75. The van der Waals surface area contributed by atoms with Crippen molar-refractivity contribution in [2.45, 2.75) is 59.9 Å². The van der Waals surface area contributed by atoms with E-state index in [1.807, 2.05) is 0 Å². The second-order valence-electron chi connectivity index (χ2n) is 4.87. The van der Waals surface area contributed by atoms with Crippen molar-refractivity contribution in [2.24, 2.45) is 5.92 Å². The van der Waals surface area contributed by atoms with Crippen LogP contribution in [0.4, 0.5) is 0 Å². The van der Waals surface area contributed by atoms with Gasteiger partial charge in [0.2, 0.25) is 0 Å². The summed E-state index contributed by atoms with van der Waals surface area (Å²) >= 11 is 0. The summed E-state index contributed by atoms with van der Waals surface area (Å²) in [6.07, 6.45) is 8.21. The van der Waals surface area contributed by atoms with Crippen LogP contribution in [0.1, 0.15) is 53.9 Å². The van der Waals surface area contributed by atoms with Crippen molar-refractivity contribution in [1.29, 1.82) is 0 Å². The summed E-state index contributed by atoms with van der Waals surface area (Å²) < 4.78 is 0. The second-order valence-corrected chi connectivity index (χ2v) is 4.87. The Labute approximate surface area is 96.6 Å². The number of nitrogens with zero attached hydrogens (tertiary/aromatic N) is 1. The van der Waals surface area contributed by atoms with Crippen molar-refractivity contribution < 1.29 is 0 Å². The van der Waals surface area contributed by atoms with E-state index < -0.39 is 0 Å². The molecule has 1 heteroatoms. The Morgan fingerprint density at radius 3 is 2.27 bits per heavy atom. The summed E-state index contributed by atoms with van der Waals surface area (Å²) in [7, 11) is 0. The highest BCUT2D eigenvalue weighted by molar-refractivity contribution is 4.83. The lowest BCUT2D eigenvalue weighted by Gasteiger charge is -2.28. The van der Waals surface area contributed by atoms with E-state index in [0.717, 1.165) is 5.92 Å². The Morgan fingerprint density at radius 2 is 1.80 bits per heavy atom. The van der Waals surface area contributed by atoms with Gasteiger partial charge >= 0.3 is 0 Å². The van der Waals surface area contributed by atoms with Gasteiger partial charge < -0.3 is 4.90 Å². The molecule has 0 heterocycles. The van der Waals surface area contributed by atoms with E-state index in [1.165, 1.54) is 32.4 Å². The first-order chi connectivity index (χ1) is 7.11. The Hall–Kier alpha value is -0.300. The fourth-order valence-electron chi connectivity index (χ4n) is 1.75. The smallest absolute Gasteiger partial charge is 0.0101 e. The molecule has 0 aliphatic heterocycles. The fraction of sp³-hybridized carbons (Fsp3) is 0.857. The molecule has 0 saturated carbocycles. The maximum absolute atomic E-state index is 2.62. The van der Waals surface area contributed by atoms with Gasteiger partial charge in [-0.1, -0.05) is 32.9 Å². The second kappa shape index (κ2) is 8.96. The standard InChI is InChI=1S/C14H29N/c1-6-8-9-14(5)15(11-7-2)12-10-13(3)4/h6,8,13-14H,7,9-12H2,1-5H3. The minimum Gasteiger partial charge on any atom is -0.300 e. The van der Waals surface area contributed by atoms with Gasteiger partial charge in [-0.2, -0.15) is 0 Å². The molecule has 0 spiro atoms. The summed E-state index contributed by atoms with van der Waals surface area (Å²) in [4.78, 5) is 2.62. The molecule has 0 amide bonds. The van der Waals surface area contributed by atoms with Gasteiger partial charge in [0.1, 0.15) is 0 Å². The molecule has 0 aliphatic rings. The Kier molecular flexibility index (Phi) is 8.79. The van der Waals surface area contributed by atoms with Crippen LogP contribution < -0.4 is 0 Å². The van der Waals surface area contributed by atoms with Crippen LogP contribution in [0.2, 0.25) is 0 Å². The van der Waals surface area contributed by atoms with Crippen molar-refractivity contribution in [3.05, 3.63) is 12.2 Å². The quantitative estimate of drug-likeness (QED) is 0.546. The van der Waals surface area contributed by atoms with Crippen molar-refractivity contribution in [2.75, 3.05) is 13.1 Å². The molecular weight excluding hydrogens is 182 g/mol. The van der Waals surface area contributed by atoms with E-state index in [0.29, 0.717) is 6.04 Å². The van der Waals surface area contributed by atoms with Crippen molar-refractivity contribution in [3.8, 4) is 0 Å². The lowest BCUT2D eigenvalue weighted by molar-refractivity contribution is 0.199. The minimum absolute atomic E-state index is 0.694. The maximum atomic E-state index is 2.62. The van der Waals surface area contributed by atoms with E-state index in [4.69, 9.17) is 0 Å². The molecule has 0 aromatic carbocycles. The molecule has 90 valence electrons. The number of hydrogen-bond donors (Lipinski definition) is 0. The summed E-state index contributed by atoms with van der Waals surface area (Å²) in [5, 5.41) is 0. The molecule has 0 rings (SSSR count). The third-order valence-corrected chi connectivity index (χ3v) is 2.84. The van der Waals surface area contributed by atoms with Crippen LogP contribution in [0.5, 0.6) is 0 Å². The van der Waals surface area contributed by atoms with Gasteiger partial charge in [-0.25, -0.2) is 0 Å². The van der Waals surface area contributed by atoms with Crippen LogP contribution >= 0.6 is 0 Å². The van der Waals surface area contributed by atoms with Gasteiger partial charge in [0.25, 0.3) is 0 Å². The molecule has 0 aromatic rings. The summed E-state index contributed by atoms with van der Waals surface area (Å²) in [5.41, 5.74) is 0. The van der Waals surface area contributed by atoms with E-state index in [-0.39, 0.29) is 0 Å². The Bertz CT molecular complexity index is 161. The molecule has 0 N–H and O–H groups in total.